The van der Waals surface area contributed by atoms with Gasteiger partial charge in [-0.2, -0.15) is 0 Å². The Kier molecular flexibility index (Phi) is 2.86. The van der Waals surface area contributed by atoms with Gasteiger partial charge in [-0.05, 0) is 29.2 Å². The van der Waals surface area contributed by atoms with Gasteiger partial charge in [0.15, 0.2) is 0 Å². The van der Waals surface area contributed by atoms with Crippen LogP contribution in [0.4, 0.5) is 0 Å². The summed E-state index contributed by atoms with van der Waals surface area (Å²) in [5.41, 5.74) is 1.08. The minimum absolute atomic E-state index is 0.0882. The Bertz CT molecular complexity index is 364. The minimum Gasteiger partial charge on any atom is -0.478 e. The van der Waals surface area contributed by atoms with Crippen molar-refractivity contribution in [3.05, 3.63) is 34.3 Å². The zero-order chi connectivity index (χ0) is 10.9. The van der Waals surface area contributed by atoms with Crippen LogP contribution in [0.2, 0.25) is 5.02 Å². The molecule has 1 aromatic carbocycles. The molecule has 14 heavy (non-hydrogen) atoms. The predicted octanol–water partition coefficient (Wildman–Crippen LogP) is 3.34. The molecule has 0 aliphatic heterocycles. The number of benzene rings is 1. The Labute approximate surface area is 88.5 Å². The molecule has 0 aromatic heterocycles. The molecule has 1 rings (SSSR count). The highest BCUT2D eigenvalue weighted by atomic mass is 35.5. The van der Waals surface area contributed by atoms with Crippen molar-refractivity contribution in [1.29, 1.82) is 0 Å². The summed E-state index contributed by atoms with van der Waals surface area (Å²) in [4.78, 5) is 10.8. The lowest BCUT2D eigenvalue weighted by atomic mass is 9.86. The molecule has 0 spiro atoms. The maximum absolute atomic E-state index is 10.8. The van der Waals surface area contributed by atoms with Crippen molar-refractivity contribution in [3.63, 3.8) is 0 Å². The number of aromatic carboxylic acids is 1. The number of carboxylic acid groups (broad SMARTS) is 1. The van der Waals surface area contributed by atoms with Crippen molar-refractivity contribution < 1.29 is 9.90 Å². The molecule has 2 nitrogen and oxygen atoms in total. The fourth-order valence-corrected chi connectivity index (χ4v) is 1.38. The molecular weight excluding hydrogens is 200 g/mol. The molecule has 0 unspecified atom stereocenters. The lowest BCUT2D eigenvalue weighted by Gasteiger charge is -2.19. The van der Waals surface area contributed by atoms with Crippen LogP contribution in [0, 0.1) is 0 Å². The second-order valence-corrected chi connectivity index (χ2v) is 4.72. The number of rotatable bonds is 1. The monoisotopic (exact) mass is 212 g/mol. The predicted molar refractivity (Wildman–Crippen MR) is 57.1 cm³/mol. The van der Waals surface area contributed by atoms with Gasteiger partial charge in [0.25, 0.3) is 0 Å². The SMILES string of the molecule is CC(C)(C)c1cc(Cl)cc(C(=O)O)c1. The van der Waals surface area contributed by atoms with E-state index < -0.39 is 5.97 Å². The molecule has 0 saturated heterocycles. The van der Waals surface area contributed by atoms with E-state index in [1.165, 1.54) is 6.07 Å². The van der Waals surface area contributed by atoms with Gasteiger partial charge in [0.2, 0.25) is 0 Å². The van der Waals surface area contributed by atoms with E-state index in [0.29, 0.717) is 5.02 Å². The van der Waals surface area contributed by atoms with E-state index in [1.54, 1.807) is 12.1 Å². The maximum atomic E-state index is 10.8. The quantitative estimate of drug-likeness (QED) is 0.775. The van der Waals surface area contributed by atoms with Gasteiger partial charge in [0.1, 0.15) is 0 Å². The van der Waals surface area contributed by atoms with Gasteiger partial charge in [-0.1, -0.05) is 32.4 Å². The molecule has 0 amide bonds. The van der Waals surface area contributed by atoms with E-state index in [9.17, 15) is 4.79 Å². The average Bonchev–Trinajstić information content (AvgIpc) is 2.01. The Hall–Kier alpha value is -1.02. The summed E-state index contributed by atoms with van der Waals surface area (Å²) < 4.78 is 0. The summed E-state index contributed by atoms with van der Waals surface area (Å²) in [6, 6.07) is 4.92. The highest BCUT2D eigenvalue weighted by Crippen LogP contribution is 2.26. The Morgan fingerprint density at radius 3 is 2.29 bits per heavy atom. The number of halogens is 1. The van der Waals surface area contributed by atoms with E-state index in [4.69, 9.17) is 16.7 Å². The topological polar surface area (TPSA) is 37.3 Å². The van der Waals surface area contributed by atoms with Crippen molar-refractivity contribution in [3.8, 4) is 0 Å². The molecule has 0 saturated carbocycles. The van der Waals surface area contributed by atoms with Crippen molar-refractivity contribution in [1.82, 2.24) is 0 Å². The summed E-state index contributed by atoms with van der Waals surface area (Å²) >= 11 is 5.84. The molecule has 1 aromatic rings. The Morgan fingerprint density at radius 2 is 1.86 bits per heavy atom. The van der Waals surface area contributed by atoms with Crippen molar-refractivity contribution in [2.75, 3.05) is 0 Å². The van der Waals surface area contributed by atoms with Gasteiger partial charge in [0.05, 0.1) is 5.56 Å². The fourth-order valence-electron chi connectivity index (χ4n) is 1.15. The molecule has 3 heteroatoms. The summed E-state index contributed by atoms with van der Waals surface area (Å²) in [5, 5.41) is 9.31. The first kappa shape index (κ1) is 11.1. The average molecular weight is 213 g/mol. The number of carbonyl (C=O) groups is 1. The normalized spacial score (nSPS) is 11.4. The first-order valence-electron chi connectivity index (χ1n) is 4.35. The lowest BCUT2D eigenvalue weighted by molar-refractivity contribution is 0.0696. The van der Waals surface area contributed by atoms with E-state index in [2.05, 4.69) is 0 Å². The highest BCUT2D eigenvalue weighted by molar-refractivity contribution is 6.31. The molecule has 76 valence electrons. The van der Waals surface area contributed by atoms with Crippen LogP contribution < -0.4 is 0 Å². The molecule has 1 N–H and O–H groups in total. The van der Waals surface area contributed by atoms with E-state index in [0.717, 1.165) is 5.56 Å². The standard InChI is InChI=1S/C11H13ClO2/c1-11(2,3)8-4-7(10(13)14)5-9(12)6-8/h4-6H,1-3H3,(H,13,14). The number of hydrogen-bond donors (Lipinski definition) is 1. The Balaban J connectivity index is 3.28. The largest absolute Gasteiger partial charge is 0.478 e. The molecule has 0 aliphatic carbocycles. The molecular formula is C11H13ClO2. The van der Waals surface area contributed by atoms with Crippen LogP contribution in [0.15, 0.2) is 18.2 Å². The summed E-state index contributed by atoms with van der Waals surface area (Å²) in [5.74, 6) is -0.946. The van der Waals surface area contributed by atoms with Crippen molar-refractivity contribution in [2.45, 2.75) is 26.2 Å². The first-order valence-corrected chi connectivity index (χ1v) is 4.73. The zero-order valence-electron chi connectivity index (χ0n) is 8.47. The van der Waals surface area contributed by atoms with Crippen LogP contribution in [-0.4, -0.2) is 11.1 Å². The third-order valence-electron chi connectivity index (χ3n) is 2.01. The van der Waals surface area contributed by atoms with Gasteiger partial charge >= 0.3 is 5.97 Å². The van der Waals surface area contributed by atoms with Gasteiger partial charge in [-0.3, -0.25) is 0 Å². The van der Waals surface area contributed by atoms with Crippen LogP contribution in [0.1, 0.15) is 36.7 Å². The smallest absolute Gasteiger partial charge is 0.335 e. The second kappa shape index (κ2) is 3.62. The van der Waals surface area contributed by atoms with E-state index >= 15 is 0 Å². The van der Waals surface area contributed by atoms with E-state index in [1.807, 2.05) is 20.8 Å². The summed E-state index contributed by atoms with van der Waals surface area (Å²) in [6.45, 7) is 6.05. The first-order chi connectivity index (χ1) is 6.30. The lowest BCUT2D eigenvalue weighted by Crippen LogP contribution is -2.12. The van der Waals surface area contributed by atoms with Crippen LogP contribution in [0.3, 0.4) is 0 Å². The fraction of sp³-hybridized carbons (Fsp3) is 0.364. The highest BCUT2D eigenvalue weighted by Gasteiger charge is 2.16. The van der Waals surface area contributed by atoms with E-state index in [-0.39, 0.29) is 11.0 Å². The third-order valence-corrected chi connectivity index (χ3v) is 2.23. The molecule has 0 bridgehead atoms. The third kappa shape index (κ3) is 2.48. The van der Waals surface area contributed by atoms with Crippen LogP contribution >= 0.6 is 11.6 Å². The van der Waals surface area contributed by atoms with Crippen LogP contribution in [-0.2, 0) is 5.41 Å². The van der Waals surface area contributed by atoms with Crippen LogP contribution in [0.25, 0.3) is 0 Å². The van der Waals surface area contributed by atoms with Gasteiger partial charge in [0, 0.05) is 5.02 Å². The summed E-state index contributed by atoms with van der Waals surface area (Å²) in [7, 11) is 0. The molecule has 0 radical (unpaired) electrons. The van der Waals surface area contributed by atoms with Crippen molar-refractivity contribution >= 4 is 17.6 Å². The van der Waals surface area contributed by atoms with Gasteiger partial charge in [-0.25, -0.2) is 4.79 Å². The van der Waals surface area contributed by atoms with Crippen LogP contribution in [0.5, 0.6) is 0 Å². The Morgan fingerprint density at radius 1 is 1.29 bits per heavy atom. The van der Waals surface area contributed by atoms with Gasteiger partial charge in [-0.15, -0.1) is 0 Å². The molecule has 0 heterocycles. The summed E-state index contributed by atoms with van der Waals surface area (Å²) in [6.07, 6.45) is 0. The molecule has 0 aliphatic rings. The number of carboxylic acids is 1. The zero-order valence-corrected chi connectivity index (χ0v) is 9.22. The van der Waals surface area contributed by atoms with Gasteiger partial charge < -0.3 is 5.11 Å². The maximum Gasteiger partial charge on any atom is 0.335 e. The number of hydrogen-bond acceptors (Lipinski definition) is 1. The van der Waals surface area contributed by atoms with Crippen molar-refractivity contribution in [2.24, 2.45) is 0 Å². The molecule has 0 fully saturated rings. The minimum atomic E-state index is -0.946. The second-order valence-electron chi connectivity index (χ2n) is 4.28. The molecule has 0 atom stereocenters.